The summed E-state index contributed by atoms with van der Waals surface area (Å²) in [7, 11) is 0. The van der Waals surface area contributed by atoms with Crippen LogP contribution in [-0.4, -0.2) is 45.5 Å². The Kier molecular flexibility index (Phi) is 4.73. The quantitative estimate of drug-likeness (QED) is 0.727. The van der Waals surface area contributed by atoms with Crippen molar-refractivity contribution >= 4 is 11.4 Å². The normalized spacial score (nSPS) is 14.5. The number of hydrogen-bond donors (Lipinski definition) is 2. The zero-order valence-corrected chi connectivity index (χ0v) is 15.8. The van der Waals surface area contributed by atoms with Crippen LogP contribution in [0.5, 0.6) is 11.6 Å². The van der Waals surface area contributed by atoms with Crippen molar-refractivity contribution in [3.63, 3.8) is 0 Å². The Morgan fingerprint density at radius 3 is 1.71 bits per heavy atom. The molecule has 2 N–H and O–H groups in total. The van der Waals surface area contributed by atoms with Crippen molar-refractivity contribution in [1.29, 1.82) is 0 Å². The molecule has 7 nitrogen and oxygen atoms in total. The zero-order chi connectivity index (χ0) is 19.7. The molecule has 7 heteroatoms. The van der Waals surface area contributed by atoms with E-state index in [2.05, 4.69) is 9.80 Å². The maximum absolute atomic E-state index is 12.3. The van der Waals surface area contributed by atoms with E-state index in [0.717, 1.165) is 43.2 Å². The molecule has 1 fully saturated rings. The summed E-state index contributed by atoms with van der Waals surface area (Å²) in [4.78, 5) is 17.0. The van der Waals surface area contributed by atoms with Crippen molar-refractivity contribution in [3.05, 3.63) is 65.2 Å². The number of aromatic hydroxyl groups is 2. The van der Waals surface area contributed by atoms with Gasteiger partial charge in [0.25, 0.3) is 0 Å². The van der Waals surface area contributed by atoms with Crippen LogP contribution in [0.1, 0.15) is 6.92 Å². The minimum absolute atomic E-state index is 0.0260. The fraction of sp³-hybridized carbons (Fsp3) is 0.286. The minimum Gasteiger partial charge on any atom is -0.508 e. The lowest BCUT2D eigenvalue weighted by atomic mass is 10.2. The summed E-state index contributed by atoms with van der Waals surface area (Å²) in [5.74, 6) is 0.256. The Bertz CT molecular complexity index is 998. The predicted octanol–water partition coefficient (Wildman–Crippen LogP) is 2.40. The average Bonchev–Trinajstić information content (AvgIpc) is 3.02. The number of hydrogen-bond acceptors (Lipinski definition) is 5. The fourth-order valence-electron chi connectivity index (χ4n) is 3.66. The second kappa shape index (κ2) is 7.34. The van der Waals surface area contributed by atoms with E-state index in [-0.39, 0.29) is 17.3 Å². The molecule has 0 atom stereocenters. The van der Waals surface area contributed by atoms with Gasteiger partial charge in [0.15, 0.2) is 0 Å². The van der Waals surface area contributed by atoms with Crippen LogP contribution >= 0.6 is 0 Å². The lowest BCUT2D eigenvalue weighted by molar-refractivity contribution is 0.418. The van der Waals surface area contributed by atoms with Gasteiger partial charge in [-0.2, -0.15) is 0 Å². The van der Waals surface area contributed by atoms with Gasteiger partial charge in [0.1, 0.15) is 5.75 Å². The van der Waals surface area contributed by atoms with Gasteiger partial charge in [-0.25, -0.2) is 4.79 Å². The van der Waals surface area contributed by atoms with E-state index < -0.39 is 0 Å². The molecular weight excluding hydrogens is 356 g/mol. The molecule has 1 aromatic heterocycles. The zero-order valence-electron chi connectivity index (χ0n) is 15.8. The van der Waals surface area contributed by atoms with E-state index in [9.17, 15) is 15.0 Å². The maximum atomic E-state index is 12.3. The second-order valence-electron chi connectivity index (χ2n) is 6.89. The van der Waals surface area contributed by atoms with Gasteiger partial charge in [-0.1, -0.05) is 0 Å². The molecule has 0 bridgehead atoms. The molecule has 1 aliphatic heterocycles. The Morgan fingerprint density at radius 1 is 0.786 bits per heavy atom. The standard InChI is InChI=1S/C21H24N4O3/c1-2-24-20(27)15-25(21(24)28)18-5-3-16(4-6-18)22-11-13-23(14-12-22)17-7-9-19(26)10-8-17/h3-10,15,26-27H,2,11-14H2,1H3. The first-order valence-corrected chi connectivity index (χ1v) is 9.47. The van der Waals surface area contributed by atoms with Gasteiger partial charge in [0.05, 0.1) is 11.9 Å². The highest BCUT2D eigenvalue weighted by Gasteiger charge is 2.18. The molecule has 2 heterocycles. The number of aromatic nitrogens is 2. The van der Waals surface area contributed by atoms with Crippen LogP contribution in [0.2, 0.25) is 0 Å². The molecule has 3 aromatic rings. The Hall–Kier alpha value is -3.35. The van der Waals surface area contributed by atoms with Crippen LogP contribution in [0.25, 0.3) is 5.69 Å². The summed E-state index contributed by atoms with van der Waals surface area (Å²) in [6.07, 6.45) is 1.46. The van der Waals surface area contributed by atoms with Crippen molar-refractivity contribution in [2.45, 2.75) is 13.5 Å². The van der Waals surface area contributed by atoms with Gasteiger partial charge in [0, 0.05) is 44.1 Å². The Balaban J connectivity index is 1.45. The first-order valence-electron chi connectivity index (χ1n) is 9.47. The number of nitrogens with zero attached hydrogens (tertiary/aromatic N) is 4. The van der Waals surface area contributed by atoms with Gasteiger partial charge < -0.3 is 20.0 Å². The van der Waals surface area contributed by atoms with Crippen LogP contribution in [0, 0.1) is 0 Å². The number of phenolic OH excluding ortho intramolecular Hbond substituents is 1. The van der Waals surface area contributed by atoms with E-state index in [1.165, 1.54) is 15.3 Å². The molecule has 2 aromatic carbocycles. The van der Waals surface area contributed by atoms with Crippen molar-refractivity contribution in [1.82, 2.24) is 9.13 Å². The van der Waals surface area contributed by atoms with Crippen LogP contribution < -0.4 is 15.5 Å². The SMILES string of the molecule is CCn1c(O)cn(-c2ccc(N3CCN(c4ccc(O)cc4)CC3)cc2)c1=O. The monoisotopic (exact) mass is 380 g/mol. The van der Waals surface area contributed by atoms with Crippen molar-refractivity contribution in [2.75, 3.05) is 36.0 Å². The summed E-state index contributed by atoms with van der Waals surface area (Å²) in [5.41, 5.74) is 2.72. The molecule has 0 saturated carbocycles. The largest absolute Gasteiger partial charge is 0.508 e. The number of imidazole rings is 1. The van der Waals surface area contributed by atoms with Gasteiger partial charge >= 0.3 is 5.69 Å². The molecule has 0 unspecified atom stereocenters. The smallest absolute Gasteiger partial charge is 0.335 e. The van der Waals surface area contributed by atoms with Crippen LogP contribution in [0.4, 0.5) is 11.4 Å². The molecule has 1 saturated heterocycles. The fourth-order valence-corrected chi connectivity index (χ4v) is 3.66. The van der Waals surface area contributed by atoms with Crippen molar-refractivity contribution in [3.8, 4) is 17.3 Å². The van der Waals surface area contributed by atoms with Gasteiger partial charge in [-0.15, -0.1) is 0 Å². The summed E-state index contributed by atoms with van der Waals surface area (Å²) < 4.78 is 2.79. The van der Waals surface area contributed by atoms with Crippen LogP contribution in [0.15, 0.2) is 59.5 Å². The molecule has 4 rings (SSSR count). The predicted molar refractivity (Wildman–Crippen MR) is 110 cm³/mol. The first-order chi connectivity index (χ1) is 13.6. The second-order valence-corrected chi connectivity index (χ2v) is 6.89. The van der Waals surface area contributed by atoms with E-state index in [1.807, 2.05) is 43.3 Å². The van der Waals surface area contributed by atoms with Crippen molar-refractivity contribution < 1.29 is 10.2 Å². The lowest BCUT2D eigenvalue weighted by Crippen LogP contribution is -2.46. The molecule has 0 radical (unpaired) electrons. The molecule has 146 valence electrons. The highest BCUT2D eigenvalue weighted by atomic mass is 16.3. The van der Waals surface area contributed by atoms with Gasteiger partial charge in [-0.3, -0.25) is 9.13 Å². The molecule has 1 aliphatic rings. The minimum atomic E-state index is -0.240. The summed E-state index contributed by atoms with van der Waals surface area (Å²) in [6.45, 7) is 5.85. The first kappa shape index (κ1) is 18.0. The third-order valence-corrected chi connectivity index (χ3v) is 5.26. The third kappa shape index (κ3) is 3.31. The molecular formula is C21H24N4O3. The topological polar surface area (TPSA) is 73.9 Å². The maximum Gasteiger partial charge on any atom is 0.335 e. The number of anilines is 2. The molecule has 0 spiro atoms. The van der Waals surface area contributed by atoms with Crippen LogP contribution in [0.3, 0.4) is 0 Å². The lowest BCUT2D eigenvalue weighted by Gasteiger charge is -2.37. The average molecular weight is 380 g/mol. The molecule has 0 aliphatic carbocycles. The van der Waals surface area contributed by atoms with E-state index in [0.29, 0.717) is 6.54 Å². The highest BCUT2D eigenvalue weighted by Crippen LogP contribution is 2.23. The number of rotatable bonds is 4. The third-order valence-electron chi connectivity index (χ3n) is 5.26. The number of piperazine rings is 1. The summed E-state index contributed by atoms with van der Waals surface area (Å²) in [5, 5.41) is 19.3. The Morgan fingerprint density at radius 2 is 1.25 bits per heavy atom. The van der Waals surface area contributed by atoms with E-state index in [1.54, 1.807) is 12.1 Å². The van der Waals surface area contributed by atoms with Gasteiger partial charge in [-0.05, 0) is 55.5 Å². The molecule has 0 amide bonds. The van der Waals surface area contributed by atoms with Crippen molar-refractivity contribution in [2.24, 2.45) is 0 Å². The highest BCUT2D eigenvalue weighted by molar-refractivity contribution is 5.54. The van der Waals surface area contributed by atoms with Crippen LogP contribution in [-0.2, 0) is 6.54 Å². The number of phenols is 1. The van der Waals surface area contributed by atoms with E-state index in [4.69, 9.17) is 0 Å². The Labute approximate surface area is 163 Å². The molecule has 28 heavy (non-hydrogen) atoms. The summed E-state index contributed by atoms with van der Waals surface area (Å²) >= 11 is 0. The number of benzene rings is 2. The summed E-state index contributed by atoms with van der Waals surface area (Å²) in [6, 6.07) is 15.1. The van der Waals surface area contributed by atoms with E-state index >= 15 is 0 Å². The van der Waals surface area contributed by atoms with Gasteiger partial charge in [0.2, 0.25) is 5.88 Å².